The van der Waals surface area contributed by atoms with Gasteiger partial charge in [0, 0.05) is 0 Å². The Morgan fingerprint density at radius 1 is 0.867 bits per heavy atom. The minimum absolute atomic E-state index is 0.812. The first kappa shape index (κ1) is 11.0. The van der Waals surface area contributed by atoms with E-state index in [2.05, 4.69) is 61.8 Å². The van der Waals surface area contributed by atoms with Gasteiger partial charge in [0.25, 0.3) is 0 Å². The number of aryl methyl sites for hydroxylation is 2. The topological polar surface area (TPSA) is 19.7 Å². The zero-order valence-electron chi connectivity index (χ0n) is 8.62. The summed E-state index contributed by atoms with van der Waals surface area (Å²) in [6.07, 6.45) is 8.19. The molecular weight excluding hydrogens is 322 g/mol. The zero-order valence-corrected chi connectivity index (χ0v) is 12.0. The summed E-state index contributed by atoms with van der Waals surface area (Å²) in [5.41, 5.74) is 0. The van der Waals surface area contributed by atoms with E-state index in [-0.39, 0.29) is 0 Å². The third-order valence-electron chi connectivity index (χ3n) is 2.34. The van der Waals surface area contributed by atoms with E-state index in [4.69, 9.17) is 0 Å². The maximum absolute atomic E-state index is 3.06. The van der Waals surface area contributed by atoms with E-state index in [1.54, 1.807) is 0 Å². The summed E-state index contributed by atoms with van der Waals surface area (Å²) in [4.78, 5) is 0. The summed E-state index contributed by atoms with van der Waals surface area (Å²) in [6, 6.07) is 0. The molecule has 0 unspecified atom stereocenters. The van der Waals surface area contributed by atoms with Gasteiger partial charge in [-0.05, 0) is 0 Å². The molecule has 0 N–H and O–H groups in total. The Balaban J connectivity index is 2.38. The zero-order chi connectivity index (χ0) is 11.0. The molecule has 0 radical (unpaired) electrons. The molecule has 0 aliphatic carbocycles. The van der Waals surface area contributed by atoms with E-state index in [1.807, 2.05) is 26.5 Å². The second kappa shape index (κ2) is 4.14. The molecule has 15 heavy (non-hydrogen) atoms. The van der Waals surface area contributed by atoms with Gasteiger partial charge in [-0.2, -0.15) is 0 Å². The molecule has 0 atom stereocenters. The summed E-state index contributed by atoms with van der Waals surface area (Å²) >= 11 is 6.12. The molecule has 80 valence electrons. The van der Waals surface area contributed by atoms with Crippen molar-refractivity contribution < 1.29 is 0 Å². The van der Waals surface area contributed by atoms with Crippen LogP contribution in [0.4, 0.5) is 0 Å². The molecule has 0 saturated carbocycles. The fraction of sp³-hybridized carbons (Fsp3) is 0.333. The van der Waals surface area contributed by atoms with Crippen LogP contribution in [-0.2, 0) is 20.8 Å². The van der Waals surface area contributed by atoms with Gasteiger partial charge in [-0.25, -0.2) is 0 Å². The van der Waals surface area contributed by atoms with Gasteiger partial charge in [0.2, 0.25) is 0 Å². The molecule has 2 heterocycles. The number of hydrogen-bond acceptors (Lipinski definition) is 0. The van der Waals surface area contributed by atoms with Gasteiger partial charge in [-0.1, -0.05) is 0 Å². The maximum atomic E-state index is 3.06. The number of hydrogen-bond donors (Lipinski definition) is 0. The van der Waals surface area contributed by atoms with Crippen LogP contribution in [0.15, 0.2) is 24.8 Å². The van der Waals surface area contributed by atoms with Gasteiger partial charge >= 0.3 is 104 Å². The molecule has 0 aliphatic heterocycles. The van der Waals surface area contributed by atoms with E-state index in [0.717, 1.165) is 15.3 Å². The van der Waals surface area contributed by atoms with Crippen LogP contribution in [0, 0.1) is 8.65 Å². The molecule has 0 amide bonds. The normalized spacial score (nSPS) is 10.8. The molecule has 6 heteroatoms. The van der Waals surface area contributed by atoms with E-state index >= 15 is 0 Å². The van der Waals surface area contributed by atoms with Gasteiger partial charge in [0.05, 0.1) is 0 Å². The van der Waals surface area contributed by atoms with E-state index < -0.39 is 0 Å². The van der Waals surface area contributed by atoms with Crippen LogP contribution >= 0.6 is 0 Å². The van der Waals surface area contributed by atoms with Gasteiger partial charge in [0.15, 0.2) is 0 Å². The van der Waals surface area contributed by atoms with Crippen LogP contribution in [0.25, 0.3) is 0 Å². The third kappa shape index (κ3) is 2.04. The average molecular weight is 334 g/mol. The van der Waals surface area contributed by atoms with E-state index in [1.165, 1.54) is 0 Å². The molecular formula is C9H12N4Se2. The quantitative estimate of drug-likeness (QED) is 0.682. The molecule has 0 bridgehead atoms. The second-order valence-corrected chi connectivity index (χ2v) is 5.00. The summed E-state index contributed by atoms with van der Waals surface area (Å²) in [5, 5.41) is 0. The monoisotopic (exact) mass is 336 g/mol. The molecule has 2 aromatic rings. The fourth-order valence-electron chi connectivity index (χ4n) is 1.40. The summed E-state index contributed by atoms with van der Waals surface area (Å²) < 4.78 is 10.7. The van der Waals surface area contributed by atoms with E-state index in [9.17, 15) is 0 Å². The summed E-state index contributed by atoms with van der Waals surface area (Å²) in [5.74, 6) is 0. The van der Waals surface area contributed by atoms with Crippen molar-refractivity contribution in [2.45, 2.75) is 6.67 Å². The first-order valence-corrected chi connectivity index (χ1v) is 6.24. The number of imidazole rings is 2. The van der Waals surface area contributed by atoms with Crippen LogP contribution < -0.4 is 0 Å². The van der Waals surface area contributed by atoms with Crippen LogP contribution in [0.5, 0.6) is 0 Å². The van der Waals surface area contributed by atoms with Crippen molar-refractivity contribution in [3.05, 3.63) is 33.4 Å². The molecule has 0 fully saturated rings. The molecule has 0 aromatic carbocycles. The van der Waals surface area contributed by atoms with Crippen LogP contribution in [0.2, 0.25) is 0 Å². The predicted molar refractivity (Wildman–Crippen MR) is 60.2 cm³/mol. The van der Waals surface area contributed by atoms with Gasteiger partial charge in [-0.15, -0.1) is 0 Å². The first-order chi connectivity index (χ1) is 7.09. The van der Waals surface area contributed by atoms with Crippen LogP contribution in [0.1, 0.15) is 0 Å². The standard InChI is InChI=1S/C9H12N4Se2/c1-10-3-5-12(8(10)14)7-13-6-4-11(2)9(13)15/h3-6H,7H2,1-2H3. The van der Waals surface area contributed by atoms with Gasteiger partial charge in [0.1, 0.15) is 0 Å². The predicted octanol–water partition coefficient (Wildman–Crippen LogP) is -0.127. The SMILES string of the molecule is Cn1ccn(Cn2ccn(C)c2=[Se])c1=[Se]. The first-order valence-electron chi connectivity index (χ1n) is 4.53. The number of aromatic nitrogens is 4. The molecule has 4 nitrogen and oxygen atoms in total. The van der Waals surface area contributed by atoms with E-state index in [0.29, 0.717) is 0 Å². The van der Waals surface area contributed by atoms with Crippen molar-refractivity contribution in [2.24, 2.45) is 14.1 Å². The molecule has 0 saturated heterocycles. The van der Waals surface area contributed by atoms with Crippen molar-refractivity contribution in [3.8, 4) is 0 Å². The van der Waals surface area contributed by atoms with Crippen molar-refractivity contribution in [2.75, 3.05) is 0 Å². The fourth-order valence-corrected chi connectivity index (χ4v) is 2.15. The Kier molecular flexibility index (Phi) is 3.03. The van der Waals surface area contributed by atoms with Crippen molar-refractivity contribution in [1.82, 2.24) is 18.3 Å². The Bertz CT molecular complexity index is 532. The Labute approximate surface area is 103 Å². The molecule has 0 spiro atoms. The number of nitrogens with zero attached hydrogens (tertiary/aromatic N) is 4. The summed E-state index contributed by atoms with van der Waals surface area (Å²) in [6.45, 7) is 0.812. The third-order valence-corrected chi connectivity index (χ3v) is 4.53. The molecule has 0 aliphatic rings. The Morgan fingerprint density at radius 2 is 1.27 bits per heavy atom. The van der Waals surface area contributed by atoms with Crippen LogP contribution in [0.3, 0.4) is 0 Å². The Morgan fingerprint density at radius 3 is 1.53 bits per heavy atom. The molecule has 2 aromatic heterocycles. The van der Waals surface area contributed by atoms with Gasteiger partial charge in [-0.3, -0.25) is 0 Å². The second-order valence-electron chi connectivity index (χ2n) is 3.46. The minimum atomic E-state index is 0.812. The number of rotatable bonds is 2. The van der Waals surface area contributed by atoms with Crippen LogP contribution in [-0.4, -0.2) is 49.4 Å². The van der Waals surface area contributed by atoms with Gasteiger partial charge < -0.3 is 0 Å². The van der Waals surface area contributed by atoms with Crippen molar-refractivity contribution in [1.29, 1.82) is 0 Å². The summed E-state index contributed by atoms with van der Waals surface area (Å²) in [7, 11) is 4.05. The Hall–Kier alpha value is -0.541. The van der Waals surface area contributed by atoms with Crippen molar-refractivity contribution >= 4 is 31.2 Å². The average Bonchev–Trinajstić information content (AvgIpc) is 2.68. The van der Waals surface area contributed by atoms with Crippen molar-refractivity contribution in [3.63, 3.8) is 0 Å². The molecule has 2 rings (SSSR count).